The van der Waals surface area contributed by atoms with Gasteiger partial charge in [0.25, 0.3) is 0 Å². The normalized spacial score (nSPS) is 14.5. The third-order valence-corrected chi connectivity index (χ3v) is 11.2. The summed E-state index contributed by atoms with van der Waals surface area (Å²) in [6, 6.07) is 49.8. The Balaban J connectivity index is 1.21. The molecule has 6 aromatic carbocycles. The van der Waals surface area contributed by atoms with Crippen LogP contribution in [0.2, 0.25) is 0 Å². The van der Waals surface area contributed by atoms with Crippen LogP contribution in [0.1, 0.15) is 19.2 Å². The highest BCUT2D eigenvalue weighted by atomic mass is 32.1. The van der Waals surface area contributed by atoms with E-state index in [4.69, 9.17) is 15.0 Å². The zero-order valence-corrected chi connectivity index (χ0v) is 28.8. The van der Waals surface area contributed by atoms with E-state index < -0.39 is 0 Å². The second-order valence-corrected chi connectivity index (χ2v) is 14.4. The molecule has 0 saturated carbocycles. The monoisotopic (exact) mass is 672 g/mol. The van der Waals surface area contributed by atoms with E-state index in [-0.39, 0.29) is 0 Å². The van der Waals surface area contributed by atoms with Crippen LogP contribution in [-0.2, 0) is 0 Å². The molecule has 5 heteroatoms. The number of benzene rings is 6. The van der Waals surface area contributed by atoms with Gasteiger partial charge in [0.2, 0.25) is 0 Å². The Morgan fingerprint density at radius 1 is 0.569 bits per heavy atom. The molecule has 1 atom stereocenters. The molecular weight excluding hydrogens is 641 g/mol. The zero-order chi connectivity index (χ0) is 33.9. The van der Waals surface area contributed by atoms with Gasteiger partial charge in [0.05, 0.1) is 11.0 Å². The molecule has 1 unspecified atom stereocenters. The maximum Gasteiger partial charge on any atom is 0.165 e. The Morgan fingerprint density at radius 2 is 1.24 bits per heavy atom. The van der Waals surface area contributed by atoms with Gasteiger partial charge in [-0.3, -0.25) is 0 Å². The lowest BCUT2D eigenvalue weighted by molar-refractivity contribution is 0.742. The number of hydrogen-bond acceptors (Lipinski definition) is 4. The first kappa shape index (κ1) is 29.7. The SMILES string of the molecule is CC1C=CC=C(c2nc(-c3ccccc3)nc(-c3cc(-c4cccc(-n5c6ccccc6c6ccccc65)c4)cc4c3sc3ccccc34)n2)C1. The summed E-state index contributed by atoms with van der Waals surface area (Å²) in [5.74, 6) is 2.54. The van der Waals surface area contributed by atoms with Gasteiger partial charge in [-0.15, -0.1) is 11.3 Å². The van der Waals surface area contributed by atoms with Gasteiger partial charge in [0, 0.05) is 47.8 Å². The Labute approximate surface area is 299 Å². The predicted octanol–water partition coefficient (Wildman–Crippen LogP) is 12.3. The van der Waals surface area contributed by atoms with Crippen LogP contribution in [0.15, 0.2) is 158 Å². The number of aromatic nitrogens is 4. The summed E-state index contributed by atoms with van der Waals surface area (Å²) in [5.41, 5.74) is 8.91. The molecule has 0 aliphatic heterocycles. The minimum atomic E-state index is 0.421. The molecule has 9 aromatic rings. The fourth-order valence-corrected chi connectivity index (χ4v) is 8.74. The lowest BCUT2D eigenvalue weighted by Gasteiger charge is -2.16. The molecule has 4 nitrogen and oxygen atoms in total. The molecule has 3 aromatic heterocycles. The van der Waals surface area contributed by atoms with E-state index in [1.165, 1.54) is 42.0 Å². The van der Waals surface area contributed by atoms with Crippen molar-refractivity contribution in [2.75, 3.05) is 0 Å². The quantitative estimate of drug-likeness (QED) is 0.183. The summed E-state index contributed by atoms with van der Waals surface area (Å²) in [4.78, 5) is 15.5. The Bertz CT molecular complexity index is 2800. The number of rotatable bonds is 5. The Morgan fingerprint density at radius 3 is 2.02 bits per heavy atom. The van der Waals surface area contributed by atoms with Crippen LogP contribution >= 0.6 is 11.3 Å². The van der Waals surface area contributed by atoms with Crippen molar-refractivity contribution in [3.05, 3.63) is 164 Å². The van der Waals surface area contributed by atoms with Gasteiger partial charge < -0.3 is 4.57 Å². The van der Waals surface area contributed by atoms with Crippen molar-refractivity contribution in [2.45, 2.75) is 13.3 Å². The molecular formula is C46H32N4S. The maximum atomic E-state index is 5.25. The van der Waals surface area contributed by atoms with E-state index in [2.05, 4.69) is 151 Å². The average molecular weight is 673 g/mol. The highest BCUT2D eigenvalue weighted by Crippen LogP contribution is 2.43. The minimum absolute atomic E-state index is 0.421. The van der Waals surface area contributed by atoms with Crippen molar-refractivity contribution in [3.8, 4) is 39.6 Å². The zero-order valence-electron chi connectivity index (χ0n) is 28.0. The van der Waals surface area contributed by atoms with Gasteiger partial charge in [0.15, 0.2) is 17.5 Å². The summed E-state index contributed by atoms with van der Waals surface area (Å²) in [6.45, 7) is 2.24. The molecule has 1 aliphatic carbocycles. The summed E-state index contributed by atoms with van der Waals surface area (Å²) >= 11 is 1.80. The third kappa shape index (κ3) is 5.08. The van der Waals surface area contributed by atoms with E-state index in [0.29, 0.717) is 17.6 Å². The summed E-state index contributed by atoms with van der Waals surface area (Å²) in [6.07, 6.45) is 7.41. The van der Waals surface area contributed by atoms with Crippen LogP contribution < -0.4 is 0 Å². The molecule has 242 valence electrons. The standard InChI is InChI=1S/C46H32N4S/c1-29-13-11-17-32(25-29)45-47-44(30-14-3-2-4-15-30)48-46(49-45)39-28-33(27-38-37-21-7-10-24-42(37)51-43(38)39)31-16-12-18-34(26-31)50-40-22-8-5-19-35(40)36-20-6-9-23-41(36)50/h2-24,26-29H,25H2,1H3. The van der Waals surface area contributed by atoms with Gasteiger partial charge in [0.1, 0.15) is 0 Å². The van der Waals surface area contributed by atoms with Crippen molar-refractivity contribution >= 4 is 58.9 Å². The number of thiophene rings is 1. The van der Waals surface area contributed by atoms with Crippen molar-refractivity contribution < 1.29 is 0 Å². The van der Waals surface area contributed by atoms with Crippen molar-refractivity contribution in [2.24, 2.45) is 5.92 Å². The largest absolute Gasteiger partial charge is 0.309 e. The average Bonchev–Trinajstić information content (AvgIpc) is 3.74. The van der Waals surface area contributed by atoms with Crippen LogP contribution in [0.25, 0.3) is 87.1 Å². The molecule has 0 fully saturated rings. The van der Waals surface area contributed by atoms with Gasteiger partial charge in [-0.1, -0.05) is 122 Å². The van der Waals surface area contributed by atoms with Crippen molar-refractivity contribution in [3.63, 3.8) is 0 Å². The van der Waals surface area contributed by atoms with Crippen LogP contribution in [-0.4, -0.2) is 19.5 Å². The molecule has 3 heterocycles. The van der Waals surface area contributed by atoms with Gasteiger partial charge in [-0.05, 0) is 71.5 Å². The molecule has 0 N–H and O–H groups in total. The first-order valence-corrected chi connectivity index (χ1v) is 18.2. The third-order valence-electron chi connectivity index (χ3n) is 9.97. The molecule has 1 aliphatic rings. The van der Waals surface area contributed by atoms with Gasteiger partial charge in [-0.2, -0.15) is 0 Å². The van der Waals surface area contributed by atoms with Crippen LogP contribution in [0.4, 0.5) is 0 Å². The second kappa shape index (κ2) is 12.0. The van der Waals surface area contributed by atoms with E-state index >= 15 is 0 Å². The molecule has 10 rings (SSSR count). The highest BCUT2D eigenvalue weighted by Gasteiger charge is 2.21. The maximum absolute atomic E-state index is 5.25. The van der Waals surface area contributed by atoms with E-state index in [0.717, 1.165) is 45.8 Å². The fraction of sp³-hybridized carbons (Fsp3) is 0.0652. The number of nitrogens with zero attached hydrogens (tertiary/aromatic N) is 4. The summed E-state index contributed by atoms with van der Waals surface area (Å²) in [5, 5.41) is 4.96. The van der Waals surface area contributed by atoms with Crippen LogP contribution in [0.3, 0.4) is 0 Å². The number of para-hydroxylation sites is 2. The van der Waals surface area contributed by atoms with Gasteiger partial charge >= 0.3 is 0 Å². The minimum Gasteiger partial charge on any atom is -0.309 e. The van der Waals surface area contributed by atoms with Crippen molar-refractivity contribution in [1.29, 1.82) is 0 Å². The molecule has 0 spiro atoms. The lowest BCUT2D eigenvalue weighted by Crippen LogP contribution is -2.06. The molecule has 0 radical (unpaired) electrons. The molecule has 51 heavy (non-hydrogen) atoms. The lowest BCUT2D eigenvalue weighted by atomic mass is 9.95. The number of hydrogen-bond donors (Lipinski definition) is 0. The molecule has 0 amide bonds. The van der Waals surface area contributed by atoms with Crippen LogP contribution in [0.5, 0.6) is 0 Å². The molecule has 0 saturated heterocycles. The fourth-order valence-electron chi connectivity index (χ4n) is 7.55. The van der Waals surface area contributed by atoms with Crippen LogP contribution in [0, 0.1) is 5.92 Å². The van der Waals surface area contributed by atoms with Crippen molar-refractivity contribution in [1.82, 2.24) is 19.5 Å². The predicted molar refractivity (Wildman–Crippen MR) is 214 cm³/mol. The first-order valence-electron chi connectivity index (χ1n) is 17.4. The first-order chi connectivity index (χ1) is 25.2. The number of allylic oxidation sites excluding steroid dienone is 4. The topological polar surface area (TPSA) is 43.6 Å². The second-order valence-electron chi connectivity index (χ2n) is 13.3. The summed E-state index contributed by atoms with van der Waals surface area (Å²) in [7, 11) is 0. The van der Waals surface area contributed by atoms with E-state index in [1.54, 1.807) is 11.3 Å². The Hall–Kier alpha value is -6.17. The smallest absolute Gasteiger partial charge is 0.165 e. The van der Waals surface area contributed by atoms with Gasteiger partial charge in [-0.25, -0.2) is 15.0 Å². The number of fused-ring (bicyclic) bond motifs is 6. The van der Waals surface area contributed by atoms with E-state index in [1.807, 2.05) is 18.2 Å². The molecule has 0 bridgehead atoms. The van der Waals surface area contributed by atoms with E-state index in [9.17, 15) is 0 Å². The highest BCUT2D eigenvalue weighted by molar-refractivity contribution is 7.26. The Kier molecular flexibility index (Phi) is 7.00. The summed E-state index contributed by atoms with van der Waals surface area (Å²) < 4.78 is 4.81.